The second kappa shape index (κ2) is 6.72. The lowest BCUT2D eigenvalue weighted by molar-refractivity contribution is 0.103. The normalized spacial score (nSPS) is 11.3. The second-order valence-electron chi connectivity index (χ2n) is 5.55. The first-order valence-electron chi connectivity index (χ1n) is 7.55. The summed E-state index contributed by atoms with van der Waals surface area (Å²) in [5.74, 6) is -0.578. The Kier molecular flexibility index (Phi) is 4.60. The van der Waals surface area contributed by atoms with E-state index in [1.165, 1.54) is 62.4 Å². The molecule has 0 fully saturated rings. The van der Waals surface area contributed by atoms with Crippen molar-refractivity contribution in [1.82, 2.24) is 5.16 Å². The van der Waals surface area contributed by atoms with Crippen LogP contribution < -0.4 is 4.18 Å². The topological polar surface area (TPSA) is 86.5 Å². The van der Waals surface area contributed by atoms with Gasteiger partial charge in [0, 0.05) is 11.1 Å². The Balaban J connectivity index is 1.82. The van der Waals surface area contributed by atoms with Crippen LogP contribution >= 0.6 is 0 Å². The van der Waals surface area contributed by atoms with Gasteiger partial charge in [-0.1, -0.05) is 5.16 Å². The Labute approximate surface area is 149 Å². The molecule has 0 radical (unpaired) electrons. The summed E-state index contributed by atoms with van der Waals surface area (Å²) in [5, 5.41) is 3.60. The monoisotopic (exact) mass is 375 g/mol. The number of nitrogens with zero attached hydrogens (tertiary/aromatic N) is 1. The van der Waals surface area contributed by atoms with Gasteiger partial charge in [0.2, 0.25) is 0 Å². The molecule has 1 aromatic heterocycles. The number of aromatic nitrogens is 1. The molecule has 0 bridgehead atoms. The summed E-state index contributed by atoms with van der Waals surface area (Å²) >= 11 is 0. The molecule has 134 valence electrons. The average molecular weight is 375 g/mol. The van der Waals surface area contributed by atoms with Crippen LogP contribution in [-0.4, -0.2) is 19.4 Å². The summed E-state index contributed by atoms with van der Waals surface area (Å²) in [7, 11) is -4.10. The molecule has 3 rings (SSSR count). The number of benzene rings is 2. The molecule has 8 heteroatoms. The number of hydrogen-bond donors (Lipinski definition) is 0. The molecule has 3 aromatic rings. The molecule has 2 aromatic carbocycles. The number of carbonyl (C=O) groups excluding carboxylic acids is 1. The Morgan fingerprint density at radius 3 is 2.04 bits per heavy atom. The third-order valence-corrected chi connectivity index (χ3v) is 5.14. The van der Waals surface area contributed by atoms with Crippen molar-refractivity contribution >= 4 is 15.9 Å². The maximum atomic E-state index is 12.9. The minimum Gasteiger partial charge on any atom is -0.379 e. The van der Waals surface area contributed by atoms with E-state index in [9.17, 15) is 17.6 Å². The number of hydrogen-bond acceptors (Lipinski definition) is 6. The van der Waals surface area contributed by atoms with Crippen LogP contribution in [0, 0.1) is 19.7 Å². The van der Waals surface area contributed by atoms with E-state index in [-0.39, 0.29) is 27.9 Å². The minimum absolute atomic E-state index is 0.0423. The maximum Gasteiger partial charge on any atom is 0.344 e. The molecule has 0 atom stereocenters. The number of aryl methyl sites for hydroxylation is 2. The first-order valence-corrected chi connectivity index (χ1v) is 8.96. The van der Waals surface area contributed by atoms with Crippen molar-refractivity contribution in [2.75, 3.05) is 0 Å². The van der Waals surface area contributed by atoms with Gasteiger partial charge in [-0.25, -0.2) is 4.39 Å². The summed E-state index contributed by atoms with van der Waals surface area (Å²) in [4.78, 5) is 12.2. The Morgan fingerprint density at radius 1 is 1.00 bits per heavy atom. The molecule has 0 aliphatic heterocycles. The molecule has 26 heavy (non-hydrogen) atoms. The second-order valence-corrected chi connectivity index (χ2v) is 7.03. The van der Waals surface area contributed by atoms with Crippen molar-refractivity contribution in [3.05, 3.63) is 76.9 Å². The van der Waals surface area contributed by atoms with Crippen LogP contribution in [0.3, 0.4) is 0 Å². The van der Waals surface area contributed by atoms with Crippen LogP contribution in [0.5, 0.6) is 5.75 Å². The molecule has 0 saturated carbocycles. The summed E-state index contributed by atoms with van der Waals surface area (Å²) in [6, 6.07) is 10.8. The summed E-state index contributed by atoms with van der Waals surface area (Å²) in [6.07, 6.45) is 0. The predicted octanol–water partition coefficient (Wildman–Crippen LogP) is 3.43. The predicted molar refractivity (Wildman–Crippen MR) is 90.1 cm³/mol. The lowest BCUT2D eigenvalue weighted by atomic mass is 10.0. The van der Waals surface area contributed by atoms with Crippen molar-refractivity contribution < 1.29 is 26.3 Å². The van der Waals surface area contributed by atoms with Crippen molar-refractivity contribution in [1.29, 1.82) is 0 Å². The molecule has 0 aliphatic rings. The summed E-state index contributed by atoms with van der Waals surface area (Å²) < 4.78 is 47.6. The Morgan fingerprint density at radius 2 is 1.54 bits per heavy atom. The van der Waals surface area contributed by atoms with Gasteiger partial charge in [-0.15, -0.1) is 0 Å². The third-order valence-electron chi connectivity index (χ3n) is 3.65. The van der Waals surface area contributed by atoms with E-state index in [2.05, 4.69) is 5.16 Å². The molecule has 0 saturated heterocycles. The van der Waals surface area contributed by atoms with E-state index in [0.717, 1.165) is 0 Å². The zero-order valence-corrected chi connectivity index (χ0v) is 14.7. The highest BCUT2D eigenvalue weighted by molar-refractivity contribution is 7.87. The highest BCUT2D eigenvalue weighted by atomic mass is 32.2. The van der Waals surface area contributed by atoms with Crippen molar-refractivity contribution in [3.8, 4) is 5.75 Å². The van der Waals surface area contributed by atoms with Gasteiger partial charge in [0.05, 0.1) is 0 Å². The van der Waals surface area contributed by atoms with Crippen molar-refractivity contribution in [2.24, 2.45) is 0 Å². The molecule has 1 heterocycles. The standard InChI is InChI=1S/C18H14FNO5S/c1-11-18(12(2)24-20-11)26(22,23)25-16-9-5-14(6-10-16)17(21)13-3-7-15(19)8-4-13/h3-10H,1-2H3. The summed E-state index contributed by atoms with van der Waals surface area (Å²) in [5.41, 5.74) is 0.840. The van der Waals surface area contributed by atoms with E-state index >= 15 is 0 Å². The SMILES string of the molecule is Cc1noc(C)c1S(=O)(=O)Oc1ccc(C(=O)c2ccc(F)cc2)cc1. The largest absolute Gasteiger partial charge is 0.379 e. The third kappa shape index (κ3) is 3.50. The van der Waals surface area contributed by atoms with E-state index in [0.29, 0.717) is 11.1 Å². The van der Waals surface area contributed by atoms with Gasteiger partial charge in [0.25, 0.3) is 0 Å². The molecule has 0 aliphatic carbocycles. The quantitative estimate of drug-likeness (QED) is 0.502. The average Bonchev–Trinajstić information content (AvgIpc) is 2.95. The van der Waals surface area contributed by atoms with Gasteiger partial charge in [-0.3, -0.25) is 4.79 Å². The fourth-order valence-corrected chi connectivity index (χ4v) is 3.67. The van der Waals surface area contributed by atoms with Gasteiger partial charge < -0.3 is 8.71 Å². The maximum absolute atomic E-state index is 12.9. The fraction of sp³-hybridized carbons (Fsp3) is 0.111. The molecule has 0 spiro atoms. The van der Waals surface area contributed by atoms with Crippen LogP contribution in [0.4, 0.5) is 4.39 Å². The molecule has 0 unspecified atom stereocenters. The lowest BCUT2D eigenvalue weighted by Crippen LogP contribution is -2.11. The van der Waals surface area contributed by atoms with Gasteiger partial charge in [-0.2, -0.15) is 8.42 Å². The number of rotatable bonds is 5. The van der Waals surface area contributed by atoms with E-state index in [1.54, 1.807) is 0 Å². The van der Waals surface area contributed by atoms with Crippen LogP contribution in [0.25, 0.3) is 0 Å². The molecule has 0 amide bonds. The Hall–Kier alpha value is -3.00. The highest BCUT2D eigenvalue weighted by Crippen LogP contribution is 2.24. The minimum atomic E-state index is -4.10. The van der Waals surface area contributed by atoms with Gasteiger partial charge in [0.15, 0.2) is 16.4 Å². The fourth-order valence-electron chi connectivity index (χ4n) is 2.43. The van der Waals surface area contributed by atoms with E-state index < -0.39 is 15.9 Å². The molecule has 0 N–H and O–H groups in total. The smallest absolute Gasteiger partial charge is 0.344 e. The molecule has 6 nitrogen and oxygen atoms in total. The van der Waals surface area contributed by atoms with Crippen LogP contribution in [0.2, 0.25) is 0 Å². The lowest BCUT2D eigenvalue weighted by Gasteiger charge is -2.07. The van der Waals surface area contributed by atoms with Crippen molar-refractivity contribution in [3.63, 3.8) is 0 Å². The molecular formula is C18H14FNO5S. The van der Waals surface area contributed by atoms with Crippen LogP contribution in [0.15, 0.2) is 57.9 Å². The highest BCUT2D eigenvalue weighted by Gasteiger charge is 2.26. The van der Waals surface area contributed by atoms with E-state index in [1.807, 2.05) is 0 Å². The van der Waals surface area contributed by atoms with Crippen molar-refractivity contribution in [2.45, 2.75) is 18.7 Å². The molecular weight excluding hydrogens is 361 g/mol. The van der Waals surface area contributed by atoms with Gasteiger partial charge in [-0.05, 0) is 62.4 Å². The Bertz CT molecular complexity index is 1030. The van der Waals surface area contributed by atoms with Crippen LogP contribution in [-0.2, 0) is 10.1 Å². The van der Waals surface area contributed by atoms with Crippen LogP contribution in [0.1, 0.15) is 27.4 Å². The zero-order chi connectivity index (χ0) is 18.9. The van der Waals surface area contributed by atoms with E-state index in [4.69, 9.17) is 8.71 Å². The van der Waals surface area contributed by atoms with Gasteiger partial charge in [0.1, 0.15) is 17.3 Å². The zero-order valence-electron chi connectivity index (χ0n) is 13.9. The number of carbonyl (C=O) groups is 1. The van der Waals surface area contributed by atoms with Gasteiger partial charge >= 0.3 is 10.1 Å². The number of ketones is 1. The summed E-state index contributed by atoms with van der Waals surface area (Å²) in [6.45, 7) is 2.97. The number of halogens is 1. The first-order chi connectivity index (χ1) is 12.3. The first kappa shape index (κ1) is 17.8.